The Morgan fingerprint density at radius 3 is 2.56 bits per heavy atom. The van der Waals surface area contributed by atoms with E-state index in [0.717, 1.165) is 12.8 Å². The minimum Gasteiger partial charge on any atom is -0.392 e. The average Bonchev–Trinajstić information content (AvgIpc) is 2.41. The van der Waals surface area contributed by atoms with E-state index >= 15 is 0 Å². The van der Waals surface area contributed by atoms with Gasteiger partial charge < -0.3 is 5.11 Å². The molecule has 1 aromatic carbocycles. The lowest BCUT2D eigenvalue weighted by Crippen LogP contribution is -2.37. The van der Waals surface area contributed by atoms with Gasteiger partial charge >= 0.3 is 0 Å². The number of aliphatic hydroxyl groups is 1. The SMILES string of the molecule is CCC1SCCSC1C(O)Cc1ccc(C)cc1. The van der Waals surface area contributed by atoms with E-state index in [-0.39, 0.29) is 6.10 Å². The van der Waals surface area contributed by atoms with E-state index in [1.807, 2.05) is 23.5 Å². The van der Waals surface area contributed by atoms with Crippen LogP contribution in [-0.4, -0.2) is 33.2 Å². The molecule has 3 unspecified atom stereocenters. The predicted octanol–water partition coefficient (Wildman–Crippen LogP) is 3.53. The van der Waals surface area contributed by atoms with E-state index in [9.17, 15) is 5.11 Å². The first kappa shape index (κ1) is 14.3. The normalized spacial score (nSPS) is 25.9. The Kier molecular flexibility index (Phi) is 5.46. The van der Waals surface area contributed by atoms with Gasteiger partial charge in [-0.2, -0.15) is 23.5 Å². The van der Waals surface area contributed by atoms with E-state index in [4.69, 9.17) is 0 Å². The van der Waals surface area contributed by atoms with Crippen LogP contribution in [0.4, 0.5) is 0 Å². The molecular formula is C15H22OS2. The van der Waals surface area contributed by atoms with Crippen molar-refractivity contribution < 1.29 is 5.11 Å². The molecule has 0 saturated carbocycles. The first-order valence-electron chi connectivity index (χ1n) is 6.67. The summed E-state index contributed by atoms with van der Waals surface area (Å²) in [6.45, 7) is 4.33. The maximum atomic E-state index is 10.5. The van der Waals surface area contributed by atoms with Gasteiger partial charge in [0.15, 0.2) is 0 Å². The van der Waals surface area contributed by atoms with Crippen molar-refractivity contribution in [3.05, 3.63) is 35.4 Å². The van der Waals surface area contributed by atoms with Crippen molar-refractivity contribution in [2.24, 2.45) is 0 Å². The third-order valence-corrected chi connectivity index (χ3v) is 6.83. The minimum absolute atomic E-state index is 0.213. The predicted molar refractivity (Wildman–Crippen MR) is 83.7 cm³/mol. The molecule has 0 aromatic heterocycles. The lowest BCUT2D eigenvalue weighted by molar-refractivity contribution is 0.169. The van der Waals surface area contributed by atoms with Crippen LogP contribution in [0.1, 0.15) is 24.5 Å². The number of thioether (sulfide) groups is 2. The Balaban J connectivity index is 1.97. The average molecular weight is 282 g/mol. The zero-order valence-electron chi connectivity index (χ0n) is 11.1. The van der Waals surface area contributed by atoms with Crippen LogP contribution in [0.3, 0.4) is 0 Å². The molecule has 0 aliphatic carbocycles. The van der Waals surface area contributed by atoms with Crippen molar-refractivity contribution >= 4 is 23.5 Å². The fraction of sp³-hybridized carbons (Fsp3) is 0.600. The van der Waals surface area contributed by atoms with Crippen LogP contribution in [0.5, 0.6) is 0 Å². The highest BCUT2D eigenvalue weighted by molar-refractivity contribution is 8.07. The van der Waals surface area contributed by atoms with Crippen LogP contribution < -0.4 is 0 Å². The molecule has 1 N–H and O–H groups in total. The largest absolute Gasteiger partial charge is 0.392 e. The molecule has 1 fully saturated rings. The van der Waals surface area contributed by atoms with Crippen LogP contribution in [0.2, 0.25) is 0 Å². The standard InChI is InChI=1S/C15H22OS2/c1-3-14-15(18-9-8-17-14)13(16)10-12-6-4-11(2)5-7-12/h4-7,13-16H,3,8-10H2,1-2H3. The monoisotopic (exact) mass is 282 g/mol. The third kappa shape index (κ3) is 3.69. The summed E-state index contributed by atoms with van der Waals surface area (Å²) < 4.78 is 0. The Bertz CT molecular complexity index is 363. The number of hydrogen-bond acceptors (Lipinski definition) is 3. The van der Waals surface area contributed by atoms with Gasteiger partial charge in [-0.1, -0.05) is 36.8 Å². The molecule has 1 saturated heterocycles. The molecule has 0 amide bonds. The molecule has 1 heterocycles. The zero-order valence-corrected chi connectivity index (χ0v) is 12.8. The van der Waals surface area contributed by atoms with Gasteiger partial charge in [0.2, 0.25) is 0 Å². The molecule has 1 aromatic rings. The number of rotatable bonds is 4. The summed E-state index contributed by atoms with van der Waals surface area (Å²) in [6, 6.07) is 8.53. The van der Waals surface area contributed by atoms with E-state index in [1.165, 1.54) is 22.6 Å². The van der Waals surface area contributed by atoms with E-state index in [2.05, 4.69) is 38.1 Å². The molecule has 3 heteroatoms. The Labute approximate surface area is 119 Å². The summed E-state index contributed by atoms with van der Waals surface area (Å²) in [6.07, 6.45) is 1.73. The second kappa shape index (κ2) is 6.88. The quantitative estimate of drug-likeness (QED) is 0.912. The third-order valence-electron chi connectivity index (χ3n) is 3.44. The summed E-state index contributed by atoms with van der Waals surface area (Å²) >= 11 is 3.99. The second-order valence-corrected chi connectivity index (χ2v) is 7.54. The van der Waals surface area contributed by atoms with Crippen LogP contribution in [0, 0.1) is 6.92 Å². The lowest BCUT2D eigenvalue weighted by atomic mass is 10.0. The Morgan fingerprint density at radius 2 is 1.89 bits per heavy atom. The maximum absolute atomic E-state index is 10.5. The molecule has 1 nitrogen and oxygen atoms in total. The van der Waals surface area contributed by atoms with Crippen molar-refractivity contribution in [2.75, 3.05) is 11.5 Å². The lowest BCUT2D eigenvalue weighted by Gasteiger charge is -2.33. The second-order valence-electron chi connectivity index (χ2n) is 4.91. The summed E-state index contributed by atoms with van der Waals surface area (Å²) in [5, 5.41) is 11.5. The molecule has 0 spiro atoms. The Hall–Kier alpha value is -0.120. The van der Waals surface area contributed by atoms with Crippen molar-refractivity contribution in [1.82, 2.24) is 0 Å². The molecule has 18 heavy (non-hydrogen) atoms. The van der Waals surface area contributed by atoms with E-state index in [1.54, 1.807) is 0 Å². The fourth-order valence-corrected chi connectivity index (χ4v) is 5.53. The molecule has 0 bridgehead atoms. The molecule has 1 aliphatic rings. The van der Waals surface area contributed by atoms with Crippen LogP contribution in [0.25, 0.3) is 0 Å². The first-order chi connectivity index (χ1) is 8.70. The summed E-state index contributed by atoms with van der Waals surface area (Å²) in [5.74, 6) is 2.41. The summed E-state index contributed by atoms with van der Waals surface area (Å²) in [4.78, 5) is 0. The van der Waals surface area contributed by atoms with Crippen molar-refractivity contribution in [3.63, 3.8) is 0 Å². The van der Waals surface area contributed by atoms with Crippen LogP contribution in [-0.2, 0) is 6.42 Å². The fourth-order valence-electron chi connectivity index (χ4n) is 2.38. The Morgan fingerprint density at radius 1 is 1.22 bits per heavy atom. The topological polar surface area (TPSA) is 20.2 Å². The van der Waals surface area contributed by atoms with Crippen LogP contribution in [0.15, 0.2) is 24.3 Å². The van der Waals surface area contributed by atoms with Crippen molar-refractivity contribution in [1.29, 1.82) is 0 Å². The van der Waals surface area contributed by atoms with Gasteiger partial charge in [0.05, 0.1) is 6.10 Å². The molecule has 3 atom stereocenters. The van der Waals surface area contributed by atoms with Crippen molar-refractivity contribution in [2.45, 2.75) is 43.3 Å². The number of aliphatic hydroxyl groups excluding tert-OH is 1. The van der Waals surface area contributed by atoms with Gasteiger partial charge in [-0.05, 0) is 25.3 Å². The smallest absolute Gasteiger partial charge is 0.0709 e. The molecule has 0 radical (unpaired) electrons. The van der Waals surface area contributed by atoms with Gasteiger partial charge in [0.25, 0.3) is 0 Å². The minimum atomic E-state index is -0.213. The first-order valence-corrected chi connectivity index (χ1v) is 8.77. The number of benzene rings is 1. The van der Waals surface area contributed by atoms with Crippen LogP contribution >= 0.6 is 23.5 Å². The van der Waals surface area contributed by atoms with E-state index < -0.39 is 0 Å². The highest BCUT2D eigenvalue weighted by atomic mass is 32.2. The van der Waals surface area contributed by atoms with E-state index in [0.29, 0.717) is 10.5 Å². The summed E-state index contributed by atoms with van der Waals surface area (Å²) in [7, 11) is 0. The number of aryl methyl sites for hydroxylation is 1. The van der Waals surface area contributed by atoms with Gasteiger partial charge in [0, 0.05) is 22.0 Å². The molecule has 2 rings (SSSR count). The molecule has 100 valence electrons. The molecular weight excluding hydrogens is 260 g/mol. The number of hydrogen-bond donors (Lipinski definition) is 1. The van der Waals surface area contributed by atoms with Gasteiger partial charge in [-0.15, -0.1) is 0 Å². The zero-order chi connectivity index (χ0) is 13.0. The summed E-state index contributed by atoms with van der Waals surface area (Å²) in [5.41, 5.74) is 2.53. The highest BCUT2D eigenvalue weighted by Crippen LogP contribution is 2.35. The van der Waals surface area contributed by atoms with Crippen molar-refractivity contribution in [3.8, 4) is 0 Å². The highest BCUT2D eigenvalue weighted by Gasteiger charge is 2.30. The molecule has 1 aliphatic heterocycles. The van der Waals surface area contributed by atoms with Gasteiger partial charge in [0.1, 0.15) is 0 Å². The van der Waals surface area contributed by atoms with Gasteiger partial charge in [-0.3, -0.25) is 0 Å². The van der Waals surface area contributed by atoms with Gasteiger partial charge in [-0.25, -0.2) is 0 Å². The maximum Gasteiger partial charge on any atom is 0.0709 e.